The van der Waals surface area contributed by atoms with Crippen molar-refractivity contribution in [3.63, 3.8) is 0 Å². The fourth-order valence-corrected chi connectivity index (χ4v) is 7.16. The van der Waals surface area contributed by atoms with E-state index in [4.69, 9.17) is 14.2 Å². The normalized spacial score (nSPS) is 17.1. The molecule has 2 amide bonds. The second kappa shape index (κ2) is 19.9. The first-order valence-corrected chi connectivity index (χ1v) is 20.6. The van der Waals surface area contributed by atoms with E-state index in [0.717, 1.165) is 12.1 Å². The molecule has 324 valence electrons. The summed E-state index contributed by atoms with van der Waals surface area (Å²) >= 11 is 0. The number of sulfone groups is 1. The highest BCUT2D eigenvalue weighted by Gasteiger charge is 2.36. The molecule has 2 unspecified atom stereocenters. The minimum Gasteiger partial charge on any atom is -0.489 e. The van der Waals surface area contributed by atoms with Gasteiger partial charge in [0.1, 0.15) is 23.5 Å². The number of hydrogen-bond acceptors (Lipinski definition) is 10. The molecule has 59 heavy (non-hydrogen) atoms. The number of halogens is 5. The zero-order valence-electron chi connectivity index (χ0n) is 33.6. The summed E-state index contributed by atoms with van der Waals surface area (Å²) in [6.07, 6.45) is -5.62. The average molecular weight is 856 g/mol. The predicted octanol–water partition coefficient (Wildman–Crippen LogP) is 7.72. The number of alkyl carbamates (subject to hydrolysis) is 1. The van der Waals surface area contributed by atoms with Crippen LogP contribution in [0, 0.1) is 5.92 Å². The lowest BCUT2D eigenvalue weighted by Crippen LogP contribution is -2.47. The summed E-state index contributed by atoms with van der Waals surface area (Å²) in [7, 11) is -3.52. The summed E-state index contributed by atoms with van der Waals surface area (Å²) in [5, 5.41) is 5.44. The molecular weight excluding hydrogens is 806 g/mol. The quantitative estimate of drug-likeness (QED) is 0.102. The number of rotatable bonds is 17. The summed E-state index contributed by atoms with van der Waals surface area (Å²) in [4.78, 5) is 41.0. The van der Waals surface area contributed by atoms with E-state index < -0.39 is 76.0 Å². The summed E-state index contributed by atoms with van der Waals surface area (Å²) in [5.74, 6) is -1.55. The van der Waals surface area contributed by atoms with Gasteiger partial charge in [0.05, 0.1) is 48.1 Å². The topological polar surface area (TPSA) is 150 Å². The van der Waals surface area contributed by atoms with Crippen LogP contribution in [0.15, 0.2) is 77.7 Å². The van der Waals surface area contributed by atoms with Crippen LogP contribution in [0.4, 0.5) is 32.4 Å². The van der Waals surface area contributed by atoms with Crippen molar-refractivity contribution in [3.05, 3.63) is 89.5 Å². The molecule has 4 rings (SSSR count). The minimum absolute atomic E-state index is 0.0621. The Kier molecular flexibility index (Phi) is 15.7. The monoisotopic (exact) mass is 855 g/mol. The van der Waals surface area contributed by atoms with E-state index in [2.05, 4.69) is 15.4 Å². The Labute approximate surface area is 340 Å². The van der Waals surface area contributed by atoms with Gasteiger partial charge >= 0.3 is 24.9 Å². The number of carbonyl (C=O) groups excluding carboxylic acids is 3. The Morgan fingerprint density at radius 2 is 1.53 bits per heavy atom. The second-order valence-corrected chi connectivity index (χ2v) is 17.5. The van der Waals surface area contributed by atoms with Crippen molar-refractivity contribution < 1.29 is 63.7 Å². The van der Waals surface area contributed by atoms with Gasteiger partial charge in [0.2, 0.25) is 0 Å². The molecule has 0 saturated carbocycles. The Morgan fingerprint density at radius 3 is 2.07 bits per heavy atom. The molecule has 0 aliphatic carbocycles. The van der Waals surface area contributed by atoms with Crippen LogP contribution in [0.25, 0.3) is 0 Å². The second-order valence-electron chi connectivity index (χ2n) is 15.3. The molecule has 1 fully saturated rings. The Bertz CT molecular complexity index is 1970. The smallest absolute Gasteiger partial charge is 0.416 e. The molecule has 18 heteroatoms. The van der Waals surface area contributed by atoms with Crippen LogP contribution in [0.1, 0.15) is 81.9 Å². The summed E-state index contributed by atoms with van der Waals surface area (Å²) in [6.45, 7) is 6.60. The van der Waals surface area contributed by atoms with Crippen molar-refractivity contribution in [3.8, 4) is 5.75 Å². The van der Waals surface area contributed by atoms with Crippen molar-refractivity contribution in [2.75, 3.05) is 30.4 Å². The van der Waals surface area contributed by atoms with E-state index in [0.29, 0.717) is 11.3 Å². The highest BCUT2D eigenvalue weighted by atomic mass is 32.2. The first-order valence-electron chi connectivity index (χ1n) is 19.0. The maximum absolute atomic E-state index is 13.7. The van der Waals surface area contributed by atoms with Gasteiger partial charge in [-0.3, -0.25) is 4.79 Å². The molecular formula is C41H50F5N3O9S. The molecule has 1 aliphatic rings. The van der Waals surface area contributed by atoms with Crippen LogP contribution in [0.2, 0.25) is 0 Å². The summed E-state index contributed by atoms with van der Waals surface area (Å²) < 4.78 is 111. The molecule has 1 saturated heterocycles. The molecule has 0 bridgehead atoms. The number of alkyl halides is 5. The van der Waals surface area contributed by atoms with E-state index in [-0.39, 0.29) is 60.5 Å². The molecule has 2 N–H and O–H groups in total. The van der Waals surface area contributed by atoms with Crippen LogP contribution < -0.4 is 20.3 Å². The molecule has 3 aromatic rings. The summed E-state index contributed by atoms with van der Waals surface area (Å²) in [5.41, 5.74) is -0.372. The first-order chi connectivity index (χ1) is 27.6. The van der Waals surface area contributed by atoms with Crippen LogP contribution >= 0.6 is 0 Å². The number of nitrogens with zero attached hydrogens (tertiary/aromatic N) is 1. The molecule has 0 aromatic heterocycles. The molecule has 4 atom stereocenters. The lowest BCUT2D eigenvalue weighted by atomic mass is 10.0. The molecule has 1 aliphatic heterocycles. The van der Waals surface area contributed by atoms with Gasteiger partial charge in [-0.15, -0.1) is 0 Å². The number of benzene rings is 3. The van der Waals surface area contributed by atoms with Gasteiger partial charge in [0.25, 0.3) is 5.91 Å². The van der Waals surface area contributed by atoms with Crippen LogP contribution in [0.5, 0.6) is 5.75 Å². The average Bonchev–Trinajstić information content (AvgIpc) is 3.57. The third kappa shape index (κ3) is 13.8. The molecule has 0 spiro atoms. The maximum atomic E-state index is 13.7. The van der Waals surface area contributed by atoms with E-state index in [1.165, 1.54) is 43.3 Å². The van der Waals surface area contributed by atoms with Gasteiger partial charge in [-0.1, -0.05) is 32.9 Å². The largest absolute Gasteiger partial charge is 0.489 e. The highest BCUT2D eigenvalue weighted by Crippen LogP contribution is 2.33. The maximum Gasteiger partial charge on any atom is 0.416 e. The molecule has 0 radical (unpaired) electrons. The third-order valence-corrected chi connectivity index (χ3v) is 11.1. The third-order valence-electron chi connectivity index (χ3n) is 9.31. The zero-order chi connectivity index (χ0) is 43.7. The van der Waals surface area contributed by atoms with E-state index in [1.807, 2.05) is 0 Å². The standard InChI is InChI=1S/C41H50F5N3O9S/c1-7-59(53,54)33-18-10-26(11-19-33)34(20-21-55-37(51)35(25(2)3)48-39(52)58-40(4,5)6)47-36(50)27-8-14-29(15-9-27)49-23-32(22-30(49)24-56-38(42)43)57-31-16-12-28(13-17-31)41(44,45)46/h8-19,25,30,32,34-35,38H,7,20-24H2,1-6H3,(H,47,50)(H,48,52)/t30-,32-,34?,35?/m0/s1. The number of esters is 1. The van der Waals surface area contributed by atoms with Crippen LogP contribution in [-0.2, 0) is 35.0 Å². The molecule has 12 nitrogen and oxygen atoms in total. The number of carbonyl (C=O) groups is 3. The highest BCUT2D eigenvalue weighted by molar-refractivity contribution is 7.91. The first kappa shape index (κ1) is 46.7. The fraction of sp³-hybridized carbons (Fsp3) is 0.488. The minimum atomic E-state index is -4.52. The number of ether oxygens (including phenoxy) is 4. The molecule has 1 heterocycles. The Hall–Kier alpha value is -4.97. The molecule has 3 aromatic carbocycles. The SMILES string of the molecule is CCS(=O)(=O)c1ccc(C(CCOC(=O)C(NC(=O)OC(C)(C)C)C(C)C)NC(=O)c2ccc(N3C[C@@H](Oc4ccc(C(F)(F)F)cc4)C[C@H]3COC(F)F)cc2)cc1. The van der Waals surface area contributed by atoms with Crippen molar-refractivity contribution in [1.29, 1.82) is 0 Å². The van der Waals surface area contributed by atoms with Gasteiger partial charge in [-0.2, -0.15) is 22.0 Å². The van der Waals surface area contributed by atoms with E-state index >= 15 is 0 Å². The lowest BCUT2D eigenvalue weighted by molar-refractivity contribution is -0.147. The summed E-state index contributed by atoms with van der Waals surface area (Å²) in [6, 6.07) is 14.0. The van der Waals surface area contributed by atoms with E-state index in [9.17, 15) is 44.8 Å². The predicted molar refractivity (Wildman–Crippen MR) is 208 cm³/mol. The van der Waals surface area contributed by atoms with Gasteiger partial charge in [0.15, 0.2) is 9.84 Å². The van der Waals surface area contributed by atoms with Crippen molar-refractivity contribution in [1.82, 2.24) is 10.6 Å². The van der Waals surface area contributed by atoms with Crippen molar-refractivity contribution in [2.45, 2.75) is 102 Å². The van der Waals surface area contributed by atoms with Crippen LogP contribution in [0.3, 0.4) is 0 Å². The number of hydrogen-bond donors (Lipinski definition) is 2. The van der Waals surface area contributed by atoms with Gasteiger partial charge < -0.3 is 34.5 Å². The van der Waals surface area contributed by atoms with E-state index in [1.54, 1.807) is 63.8 Å². The van der Waals surface area contributed by atoms with Crippen LogP contribution in [-0.4, -0.2) is 82.3 Å². The number of amides is 2. The Morgan fingerprint density at radius 1 is 0.898 bits per heavy atom. The fourth-order valence-electron chi connectivity index (χ4n) is 6.27. The van der Waals surface area contributed by atoms with Gasteiger partial charge in [-0.25, -0.2) is 18.0 Å². The number of anilines is 1. The van der Waals surface area contributed by atoms with Gasteiger partial charge in [-0.05, 0) is 92.9 Å². The zero-order valence-corrected chi connectivity index (χ0v) is 34.4. The van der Waals surface area contributed by atoms with Gasteiger partial charge in [0, 0.05) is 24.1 Å². The number of nitrogens with one attached hydrogen (secondary N) is 2. The van der Waals surface area contributed by atoms with Crippen molar-refractivity contribution in [2.24, 2.45) is 5.92 Å². The Balaban J connectivity index is 1.49. The lowest BCUT2D eigenvalue weighted by Gasteiger charge is -2.26. The van der Waals surface area contributed by atoms with Crippen molar-refractivity contribution >= 4 is 33.5 Å².